The number of thioether (sulfide) groups is 1. The fourth-order valence-electron chi connectivity index (χ4n) is 1.33. The van der Waals surface area contributed by atoms with Crippen molar-refractivity contribution in [2.45, 2.75) is 20.3 Å². The van der Waals surface area contributed by atoms with Crippen LogP contribution in [0.25, 0.3) is 0 Å². The summed E-state index contributed by atoms with van der Waals surface area (Å²) < 4.78 is 0. The Morgan fingerprint density at radius 3 is 2.75 bits per heavy atom. The predicted molar refractivity (Wildman–Crippen MR) is 53.4 cm³/mol. The highest BCUT2D eigenvalue weighted by Gasteiger charge is 2.17. The molecule has 0 aromatic carbocycles. The lowest BCUT2D eigenvalue weighted by molar-refractivity contribution is -0.134. The molecular formula is C9H17NOS. The van der Waals surface area contributed by atoms with E-state index < -0.39 is 0 Å². The van der Waals surface area contributed by atoms with E-state index in [1.165, 1.54) is 5.75 Å². The highest BCUT2D eigenvalue weighted by Crippen LogP contribution is 2.12. The van der Waals surface area contributed by atoms with Gasteiger partial charge in [-0.3, -0.25) is 4.79 Å². The maximum Gasteiger partial charge on any atom is 0.225 e. The molecular weight excluding hydrogens is 170 g/mol. The maximum absolute atomic E-state index is 11.6. The van der Waals surface area contributed by atoms with Crippen LogP contribution < -0.4 is 0 Å². The summed E-state index contributed by atoms with van der Waals surface area (Å²) in [5, 5.41) is 0. The molecule has 0 atom stereocenters. The lowest BCUT2D eigenvalue weighted by Crippen LogP contribution is -2.35. The molecule has 1 rings (SSSR count). The fourth-order valence-corrected chi connectivity index (χ4v) is 2.22. The van der Waals surface area contributed by atoms with Crippen molar-refractivity contribution < 1.29 is 4.79 Å². The molecule has 1 aliphatic heterocycles. The van der Waals surface area contributed by atoms with Crippen LogP contribution in [0.3, 0.4) is 0 Å². The van der Waals surface area contributed by atoms with Crippen molar-refractivity contribution in [1.29, 1.82) is 0 Å². The van der Waals surface area contributed by atoms with Crippen LogP contribution in [0.2, 0.25) is 0 Å². The highest BCUT2D eigenvalue weighted by atomic mass is 32.2. The first-order chi connectivity index (χ1) is 5.72. The van der Waals surface area contributed by atoms with Gasteiger partial charge < -0.3 is 4.90 Å². The molecule has 70 valence electrons. The molecule has 0 bridgehead atoms. The van der Waals surface area contributed by atoms with Crippen LogP contribution in [-0.4, -0.2) is 35.4 Å². The Balaban J connectivity index is 2.43. The second-order valence-electron chi connectivity index (χ2n) is 3.45. The fraction of sp³-hybridized carbons (Fsp3) is 0.889. The maximum atomic E-state index is 11.6. The lowest BCUT2D eigenvalue weighted by atomic mass is 10.2. The molecule has 2 nitrogen and oxygen atoms in total. The van der Waals surface area contributed by atoms with Crippen molar-refractivity contribution in [1.82, 2.24) is 4.90 Å². The van der Waals surface area contributed by atoms with E-state index in [-0.39, 0.29) is 5.92 Å². The largest absolute Gasteiger partial charge is 0.342 e. The topological polar surface area (TPSA) is 20.3 Å². The number of nitrogens with zero attached hydrogens (tertiary/aromatic N) is 1. The minimum Gasteiger partial charge on any atom is -0.342 e. The molecule has 0 N–H and O–H groups in total. The molecule has 0 spiro atoms. The molecule has 0 radical (unpaired) electrons. The Labute approximate surface area is 78.7 Å². The van der Waals surface area contributed by atoms with Gasteiger partial charge in [0.05, 0.1) is 0 Å². The van der Waals surface area contributed by atoms with E-state index >= 15 is 0 Å². The zero-order valence-corrected chi connectivity index (χ0v) is 8.69. The van der Waals surface area contributed by atoms with Crippen LogP contribution >= 0.6 is 11.8 Å². The molecule has 0 unspecified atom stereocenters. The van der Waals surface area contributed by atoms with E-state index in [4.69, 9.17) is 0 Å². The van der Waals surface area contributed by atoms with E-state index in [0.717, 1.165) is 25.3 Å². The summed E-state index contributed by atoms with van der Waals surface area (Å²) in [6.07, 6.45) is 1.16. The number of carbonyl (C=O) groups excluding carboxylic acids is 1. The minimum atomic E-state index is 0.160. The first-order valence-corrected chi connectivity index (χ1v) is 5.74. The van der Waals surface area contributed by atoms with Crippen molar-refractivity contribution >= 4 is 17.7 Å². The number of hydrogen-bond acceptors (Lipinski definition) is 2. The predicted octanol–water partition coefficient (Wildman–Crippen LogP) is 1.61. The van der Waals surface area contributed by atoms with Crippen LogP contribution in [0, 0.1) is 5.92 Å². The van der Waals surface area contributed by atoms with E-state index in [9.17, 15) is 4.79 Å². The first kappa shape index (κ1) is 9.90. The lowest BCUT2D eigenvalue weighted by Gasteiger charge is -2.21. The summed E-state index contributed by atoms with van der Waals surface area (Å²) in [6.45, 7) is 5.85. The average Bonchev–Trinajstić information content (AvgIpc) is 2.30. The van der Waals surface area contributed by atoms with Crippen LogP contribution in [0.5, 0.6) is 0 Å². The monoisotopic (exact) mass is 187 g/mol. The van der Waals surface area contributed by atoms with Crippen molar-refractivity contribution in [3.63, 3.8) is 0 Å². The Morgan fingerprint density at radius 2 is 2.08 bits per heavy atom. The third-order valence-corrected chi connectivity index (χ3v) is 3.08. The van der Waals surface area contributed by atoms with Gasteiger partial charge in [0.2, 0.25) is 5.91 Å². The zero-order valence-electron chi connectivity index (χ0n) is 7.88. The summed E-state index contributed by atoms with van der Waals surface area (Å²) in [6, 6.07) is 0. The number of rotatable bonds is 1. The molecule has 1 amide bonds. The summed E-state index contributed by atoms with van der Waals surface area (Å²) >= 11 is 1.95. The molecule has 1 aliphatic rings. The molecule has 0 saturated carbocycles. The van der Waals surface area contributed by atoms with E-state index in [0.29, 0.717) is 5.91 Å². The van der Waals surface area contributed by atoms with Gasteiger partial charge in [0, 0.05) is 24.8 Å². The molecule has 12 heavy (non-hydrogen) atoms. The average molecular weight is 187 g/mol. The standard InChI is InChI=1S/C9H17NOS/c1-8(2)9(11)10-4-3-6-12-7-5-10/h8H,3-7H2,1-2H3. The van der Waals surface area contributed by atoms with Crippen LogP contribution in [-0.2, 0) is 4.79 Å². The van der Waals surface area contributed by atoms with Crippen molar-refractivity contribution in [2.24, 2.45) is 5.92 Å². The molecule has 0 aliphatic carbocycles. The molecule has 1 heterocycles. The summed E-state index contributed by atoms with van der Waals surface area (Å²) in [5.74, 6) is 2.80. The molecule has 3 heteroatoms. The van der Waals surface area contributed by atoms with Gasteiger partial charge in [-0.1, -0.05) is 13.8 Å². The van der Waals surface area contributed by atoms with Gasteiger partial charge in [-0.15, -0.1) is 0 Å². The van der Waals surface area contributed by atoms with Crippen LogP contribution in [0.4, 0.5) is 0 Å². The zero-order chi connectivity index (χ0) is 8.97. The van der Waals surface area contributed by atoms with Crippen LogP contribution in [0.15, 0.2) is 0 Å². The number of hydrogen-bond donors (Lipinski definition) is 0. The van der Waals surface area contributed by atoms with Crippen molar-refractivity contribution in [3.8, 4) is 0 Å². The van der Waals surface area contributed by atoms with E-state index in [2.05, 4.69) is 0 Å². The normalized spacial score (nSPS) is 19.4. The number of carbonyl (C=O) groups is 1. The van der Waals surface area contributed by atoms with Crippen molar-refractivity contribution in [3.05, 3.63) is 0 Å². The van der Waals surface area contributed by atoms with Gasteiger partial charge in [-0.05, 0) is 12.2 Å². The molecule has 1 fully saturated rings. The molecule has 1 saturated heterocycles. The quantitative estimate of drug-likeness (QED) is 0.621. The molecule has 0 aromatic rings. The van der Waals surface area contributed by atoms with Gasteiger partial charge in [0.15, 0.2) is 0 Å². The second-order valence-corrected chi connectivity index (χ2v) is 4.67. The third-order valence-electron chi connectivity index (χ3n) is 2.03. The number of amides is 1. The highest BCUT2D eigenvalue weighted by molar-refractivity contribution is 7.99. The summed E-state index contributed by atoms with van der Waals surface area (Å²) in [5.41, 5.74) is 0. The summed E-state index contributed by atoms with van der Waals surface area (Å²) in [4.78, 5) is 13.6. The van der Waals surface area contributed by atoms with Gasteiger partial charge in [-0.2, -0.15) is 11.8 Å². The first-order valence-electron chi connectivity index (χ1n) is 4.58. The smallest absolute Gasteiger partial charge is 0.225 e. The van der Waals surface area contributed by atoms with Gasteiger partial charge in [-0.25, -0.2) is 0 Å². The second kappa shape index (κ2) is 4.75. The Morgan fingerprint density at radius 1 is 1.33 bits per heavy atom. The van der Waals surface area contributed by atoms with E-state index in [1.54, 1.807) is 0 Å². The van der Waals surface area contributed by atoms with E-state index in [1.807, 2.05) is 30.5 Å². The van der Waals surface area contributed by atoms with Crippen LogP contribution in [0.1, 0.15) is 20.3 Å². The summed E-state index contributed by atoms with van der Waals surface area (Å²) in [7, 11) is 0. The Bertz CT molecular complexity index is 151. The third kappa shape index (κ3) is 2.70. The SMILES string of the molecule is CC(C)C(=O)N1CCCSCC1. The Hall–Kier alpha value is -0.180. The molecule has 0 aromatic heterocycles. The van der Waals surface area contributed by atoms with Crippen molar-refractivity contribution in [2.75, 3.05) is 24.6 Å². The van der Waals surface area contributed by atoms with Gasteiger partial charge in [0.25, 0.3) is 0 Å². The van der Waals surface area contributed by atoms with Gasteiger partial charge >= 0.3 is 0 Å². The minimum absolute atomic E-state index is 0.160. The Kier molecular flexibility index (Phi) is 3.92. The van der Waals surface area contributed by atoms with Gasteiger partial charge in [0.1, 0.15) is 0 Å².